The Hall–Kier alpha value is -0.560. The second-order valence-corrected chi connectivity index (χ2v) is 3.86. The van der Waals surface area contributed by atoms with Gasteiger partial charge in [-0.3, -0.25) is 0 Å². The van der Waals surface area contributed by atoms with Crippen molar-refractivity contribution in [1.29, 1.82) is 0 Å². The van der Waals surface area contributed by atoms with Crippen molar-refractivity contribution in [2.75, 3.05) is 13.1 Å². The van der Waals surface area contributed by atoms with Crippen molar-refractivity contribution >= 4 is 0 Å². The molecule has 1 unspecified atom stereocenters. The van der Waals surface area contributed by atoms with Crippen LogP contribution in [0.1, 0.15) is 26.7 Å². The SMILES string of the molecule is CCC1(C)C/C=C\C=C/CNC1. The molecule has 1 heteroatoms. The van der Waals surface area contributed by atoms with Crippen LogP contribution >= 0.6 is 0 Å². The van der Waals surface area contributed by atoms with Gasteiger partial charge < -0.3 is 5.32 Å². The van der Waals surface area contributed by atoms with Gasteiger partial charge in [0.15, 0.2) is 0 Å². The molecule has 1 atom stereocenters. The van der Waals surface area contributed by atoms with Crippen molar-refractivity contribution in [3.8, 4) is 0 Å². The standard InChI is InChI=1S/C11H19N/c1-3-11(2)8-6-4-5-7-9-12-10-11/h4-7,12H,3,8-10H2,1-2H3/b6-4-,7-5-. The third-order valence-electron chi connectivity index (χ3n) is 2.66. The van der Waals surface area contributed by atoms with E-state index < -0.39 is 0 Å². The van der Waals surface area contributed by atoms with E-state index in [0.717, 1.165) is 13.1 Å². The van der Waals surface area contributed by atoms with Gasteiger partial charge in [-0.25, -0.2) is 0 Å². The van der Waals surface area contributed by atoms with Gasteiger partial charge in [0.25, 0.3) is 0 Å². The van der Waals surface area contributed by atoms with Gasteiger partial charge in [-0.05, 0) is 18.3 Å². The van der Waals surface area contributed by atoms with E-state index in [-0.39, 0.29) is 0 Å². The van der Waals surface area contributed by atoms with Gasteiger partial charge in [-0.1, -0.05) is 38.2 Å². The lowest BCUT2D eigenvalue weighted by Gasteiger charge is -2.26. The third kappa shape index (κ3) is 2.82. The molecule has 12 heavy (non-hydrogen) atoms. The molecule has 0 aromatic heterocycles. The molecule has 68 valence electrons. The highest BCUT2D eigenvalue weighted by Gasteiger charge is 2.19. The van der Waals surface area contributed by atoms with Crippen LogP contribution in [0.25, 0.3) is 0 Å². The van der Waals surface area contributed by atoms with Crippen LogP contribution in [0.3, 0.4) is 0 Å². The quantitative estimate of drug-likeness (QED) is 0.629. The lowest BCUT2D eigenvalue weighted by atomic mass is 9.84. The van der Waals surface area contributed by atoms with Crippen LogP contribution in [-0.4, -0.2) is 13.1 Å². The normalized spacial score (nSPS) is 36.2. The minimum Gasteiger partial charge on any atom is -0.313 e. The second kappa shape index (κ2) is 4.46. The first kappa shape index (κ1) is 9.53. The fourth-order valence-electron chi connectivity index (χ4n) is 1.38. The molecule has 1 heterocycles. The highest BCUT2D eigenvalue weighted by molar-refractivity contribution is 5.06. The Morgan fingerprint density at radius 3 is 2.83 bits per heavy atom. The van der Waals surface area contributed by atoms with Crippen molar-refractivity contribution in [2.45, 2.75) is 26.7 Å². The van der Waals surface area contributed by atoms with Gasteiger partial charge in [-0.15, -0.1) is 0 Å². The predicted octanol–water partition coefficient (Wildman–Crippen LogP) is 2.51. The molecule has 1 rings (SSSR count). The Labute approximate surface area is 75.6 Å². The van der Waals surface area contributed by atoms with Gasteiger partial charge in [0, 0.05) is 13.1 Å². The maximum Gasteiger partial charge on any atom is 0.0138 e. The number of hydrogen-bond acceptors (Lipinski definition) is 1. The summed E-state index contributed by atoms with van der Waals surface area (Å²) >= 11 is 0. The molecule has 0 radical (unpaired) electrons. The molecule has 0 aliphatic carbocycles. The molecular weight excluding hydrogens is 146 g/mol. The number of allylic oxidation sites excluding steroid dienone is 3. The Bertz CT molecular complexity index is 181. The maximum absolute atomic E-state index is 3.44. The van der Waals surface area contributed by atoms with E-state index in [1.165, 1.54) is 12.8 Å². The fraction of sp³-hybridized carbons (Fsp3) is 0.636. The van der Waals surface area contributed by atoms with E-state index >= 15 is 0 Å². The van der Waals surface area contributed by atoms with Crippen molar-refractivity contribution in [3.63, 3.8) is 0 Å². The van der Waals surface area contributed by atoms with E-state index in [0.29, 0.717) is 5.41 Å². The molecule has 1 N–H and O–H groups in total. The Morgan fingerprint density at radius 2 is 2.08 bits per heavy atom. The molecule has 0 spiro atoms. The lowest BCUT2D eigenvalue weighted by Crippen LogP contribution is -2.30. The Balaban J connectivity index is 2.55. The second-order valence-electron chi connectivity index (χ2n) is 3.86. The summed E-state index contributed by atoms with van der Waals surface area (Å²) in [6.45, 7) is 6.73. The molecule has 0 amide bonds. The fourth-order valence-corrected chi connectivity index (χ4v) is 1.38. The minimum absolute atomic E-state index is 0.447. The van der Waals surface area contributed by atoms with Crippen LogP contribution in [0.5, 0.6) is 0 Å². The van der Waals surface area contributed by atoms with Crippen LogP contribution in [-0.2, 0) is 0 Å². The highest BCUT2D eigenvalue weighted by Crippen LogP contribution is 2.25. The largest absolute Gasteiger partial charge is 0.313 e. The first-order valence-electron chi connectivity index (χ1n) is 4.79. The van der Waals surface area contributed by atoms with Crippen molar-refractivity contribution in [1.82, 2.24) is 5.32 Å². The average Bonchev–Trinajstić information content (AvgIpc) is 2.18. The van der Waals surface area contributed by atoms with Crippen LogP contribution in [0, 0.1) is 5.41 Å². The predicted molar refractivity (Wildman–Crippen MR) is 54.2 cm³/mol. The highest BCUT2D eigenvalue weighted by atomic mass is 14.9. The lowest BCUT2D eigenvalue weighted by molar-refractivity contribution is 0.301. The summed E-state index contributed by atoms with van der Waals surface area (Å²) in [7, 11) is 0. The molecule has 1 nitrogen and oxygen atoms in total. The smallest absolute Gasteiger partial charge is 0.0138 e. The summed E-state index contributed by atoms with van der Waals surface area (Å²) in [4.78, 5) is 0. The summed E-state index contributed by atoms with van der Waals surface area (Å²) in [6, 6.07) is 0. The summed E-state index contributed by atoms with van der Waals surface area (Å²) in [5.41, 5.74) is 0.447. The molecule has 0 aromatic rings. The third-order valence-corrected chi connectivity index (χ3v) is 2.66. The van der Waals surface area contributed by atoms with Crippen LogP contribution in [0.2, 0.25) is 0 Å². The van der Waals surface area contributed by atoms with Gasteiger partial charge in [0.1, 0.15) is 0 Å². The topological polar surface area (TPSA) is 12.0 Å². The summed E-state index contributed by atoms with van der Waals surface area (Å²) in [6.07, 6.45) is 11.1. The average molecular weight is 165 g/mol. The van der Waals surface area contributed by atoms with E-state index in [4.69, 9.17) is 0 Å². The molecule has 0 bridgehead atoms. The molecule has 0 fully saturated rings. The van der Waals surface area contributed by atoms with E-state index in [2.05, 4.69) is 43.5 Å². The number of hydrogen-bond donors (Lipinski definition) is 1. The van der Waals surface area contributed by atoms with Crippen LogP contribution in [0.15, 0.2) is 24.3 Å². The Kier molecular flexibility index (Phi) is 3.54. The maximum atomic E-state index is 3.44. The van der Waals surface area contributed by atoms with Gasteiger partial charge >= 0.3 is 0 Å². The molecule has 0 aromatic carbocycles. The van der Waals surface area contributed by atoms with Gasteiger partial charge in [0.05, 0.1) is 0 Å². The Morgan fingerprint density at radius 1 is 1.33 bits per heavy atom. The molecule has 0 saturated heterocycles. The van der Waals surface area contributed by atoms with E-state index in [9.17, 15) is 0 Å². The number of nitrogens with one attached hydrogen (secondary N) is 1. The molecule has 0 saturated carbocycles. The first-order valence-corrected chi connectivity index (χ1v) is 4.79. The molecule has 1 aliphatic rings. The van der Waals surface area contributed by atoms with Crippen molar-refractivity contribution in [3.05, 3.63) is 24.3 Å². The number of rotatable bonds is 1. The monoisotopic (exact) mass is 165 g/mol. The van der Waals surface area contributed by atoms with E-state index in [1.54, 1.807) is 0 Å². The molecular formula is C11H19N. The minimum atomic E-state index is 0.447. The summed E-state index contributed by atoms with van der Waals surface area (Å²) < 4.78 is 0. The van der Waals surface area contributed by atoms with Gasteiger partial charge in [-0.2, -0.15) is 0 Å². The van der Waals surface area contributed by atoms with Gasteiger partial charge in [0.2, 0.25) is 0 Å². The van der Waals surface area contributed by atoms with Crippen LogP contribution < -0.4 is 5.32 Å². The van der Waals surface area contributed by atoms with Crippen molar-refractivity contribution in [2.24, 2.45) is 5.41 Å². The zero-order valence-corrected chi connectivity index (χ0v) is 8.14. The summed E-state index contributed by atoms with van der Waals surface area (Å²) in [5, 5.41) is 3.44. The zero-order valence-electron chi connectivity index (χ0n) is 8.14. The van der Waals surface area contributed by atoms with Crippen LogP contribution in [0.4, 0.5) is 0 Å². The summed E-state index contributed by atoms with van der Waals surface area (Å²) in [5.74, 6) is 0. The zero-order chi connectivity index (χ0) is 8.86. The first-order chi connectivity index (χ1) is 5.77. The van der Waals surface area contributed by atoms with Crippen molar-refractivity contribution < 1.29 is 0 Å². The van der Waals surface area contributed by atoms with E-state index in [1.807, 2.05) is 0 Å². The molecule has 1 aliphatic heterocycles.